The van der Waals surface area contributed by atoms with Crippen LogP contribution < -0.4 is 10.5 Å². The number of aryl methyl sites for hydroxylation is 2. The molecule has 0 unspecified atom stereocenters. The number of primary sulfonamides is 1. The maximum Gasteiger partial charge on any atom is 0.247 e. The predicted molar refractivity (Wildman–Crippen MR) is 99.9 cm³/mol. The first-order valence-electron chi connectivity index (χ1n) is 8.09. The standard InChI is InChI=1S/C16H18N6O2S2/c1-9-8-18-16(12-5-6-14(25-12)26(17,23)24)20-15(9)19-13-7-11(10-3-4-10)22(2)21-13/h5-8,10H,3-4H2,1-2H3,(H2,17,23,24)(H,18,19,20,21). The normalized spacial score (nSPS) is 14.6. The molecule has 1 aliphatic carbocycles. The second kappa shape index (κ2) is 6.15. The Morgan fingerprint density at radius 3 is 2.77 bits per heavy atom. The molecule has 8 nitrogen and oxygen atoms in total. The van der Waals surface area contributed by atoms with Crippen LogP contribution in [0.15, 0.2) is 28.6 Å². The quantitative estimate of drug-likeness (QED) is 0.691. The van der Waals surface area contributed by atoms with Crippen LogP contribution in [0.1, 0.15) is 30.0 Å². The van der Waals surface area contributed by atoms with Gasteiger partial charge in [-0.2, -0.15) is 5.10 Å². The number of nitrogens with two attached hydrogens (primary N) is 1. The Bertz CT molecular complexity index is 1080. The van der Waals surface area contributed by atoms with Crippen molar-refractivity contribution in [3.05, 3.63) is 35.7 Å². The monoisotopic (exact) mass is 390 g/mol. The zero-order chi connectivity index (χ0) is 18.5. The number of anilines is 2. The summed E-state index contributed by atoms with van der Waals surface area (Å²) in [6, 6.07) is 5.17. The summed E-state index contributed by atoms with van der Waals surface area (Å²) in [5, 5.41) is 12.9. The molecule has 136 valence electrons. The first-order valence-corrected chi connectivity index (χ1v) is 10.4. The molecule has 3 heterocycles. The third-order valence-corrected chi connectivity index (χ3v) is 6.73. The number of rotatable bonds is 5. The van der Waals surface area contributed by atoms with Gasteiger partial charge in [0.15, 0.2) is 11.6 Å². The molecule has 3 aromatic heterocycles. The van der Waals surface area contributed by atoms with Gasteiger partial charge in [0.1, 0.15) is 10.0 Å². The Kier molecular flexibility index (Phi) is 4.05. The van der Waals surface area contributed by atoms with E-state index < -0.39 is 10.0 Å². The summed E-state index contributed by atoms with van der Waals surface area (Å²) in [4.78, 5) is 9.48. The van der Waals surface area contributed by atoms with E-state index in [1.54, 1.807) is 12.3 Å². The summed E-state index contributed by atoms with van der Waals surface area (Å²) < 4.78 is 24.9. The van der Waals surface area contributed by atoms with Crippen molar-refractivity contribution in [2.45, 2.75) is 29.9 Å². The molecule has 0 saturated heterocycles. The largest absolute Gasteiger partial charge is 0.323 e. The van der Waals surface area contributed by atoms with Crippen molar-refractivity contribution < 1.29 is 8.42 Å². The molecule has 0 bridgehead atoms. The summed E-state index contributed by atoms with van der Waals surface area (Å²) in [6.07, 6.45) is 4.12. The average molecular weight is 390 g/mol. The van der Waals surface area contributed by atoms with Gasteiger partial charge in [-0.25, -0.2) is 23.5 Å². The van der Waals surface area contributed by atoms with Gasteiger partial charge >= 0.3 is 0 Å². The SMILES string of the molecule is Cc1cnc(-c2ccc(S(N)(=O)=O)s2)nc1Nc1cc(C2CC2)n(C)n1. The fraction of sp³-hybridized carbons (Fsp3) is 0.312. The van der Waals surface area contributed by atoms with Crippen molar-refractivity contribution in [2.75, 3.05) is 5.32 Å². The first kappa shape index (κ1) is 17.1. The van der Waals surface area contributed by atoms with Gasteiger partial charge in [-0.1, -0.05) is 0 Å². The molecule has 0 atom stereocenters. The topological polar surface area (TPSA) is 116 Å². The number of thiophene rings is 1. The second-order valence-electron chi connectivity index (χ2n) is 6.37. The number of nitrogens with one attached hydrogen (secondary N) is 1. The number of nitrogens with zero attached hydrogens (tertiary/aromatic N) is 4. The number of hydrogen-bond donors (Lipinski definition) is 2. The van der Waals surface area contributed by atoms with Crippen LogP contribution in [0.5, 0.6) is 0 Å². The zero-order valence-electron chi connectivity index (χ0n) is 14.3. The lowest BCUT2D eigenvalue weighted by molar-refractivity contribution is 0.600. The Balaban J connectivity index is 1.64. The van der Waals surface area contributed by atoms with E-state index in [9.17, 15) is 8.42 Å². The predicted octanol–water partition coefficient (Wildman–Crippen LogP) is 2.52. The number of hydrogen-bond acceptors (Lipinski definition) is 7. The Morgan fingerprint density at radius 1 is 1.35 bits per heavy atom. The van der Waals surface area contributed by atoms with Gasteiger partial charge < -0.3 is 5.32 Å². The van der Waals surface area contributed by atoms with Crippen molar-refractivity contribution in [3.63, 3.8) is 0 Å². The van der Waals surface area contributed by atoms with Crippen LogP contribution in [0.25, 0.3) is 10.7 Å². The van der Waals surface area contributed by atoms with Gasteiger partial charge in [0.25, 0.3) is 0 Å². The highest BCUT2D eigenvalue weighted by molar-refractivity contribution is 7.91. The van der Waals surface area contributed by atoms with Crippen molar-refractivity contribution in [3.8, 4) is 10.7 Å². The van der Waals surface area contributed by atoms with E-state index in [1.807, 2.05) is 24.7 Å². The van der Waals surface area contributed by atoms with Crippen LogP contribution in [0.4, 0.5) is 11.6 Å². The molecule has 3 N–H and O–H groups in total. The van der Waals surface area contributed by atoms with Crippen LogP contribution >= 0.6 is 11.3 Å². The molecule has 4 rings (SSSR count). The summed E-state index contributed by atoms with van der Waals surface area (Å²) >= 11 is 1.05. The Labute approximate surface area is 155 Å². The summed E-state index contributed by atoms with van der Waals surface area (Å²) in [7, 11) is -1.78. The minimum Gasteiger partial charge on any atom is -0.323 e. The number of aromatic nitrogens is 4. The maximum atomic E-state index is 11.5. The van der Waals surface area contributed by atoms with E-state index >= 15 is 0 Å². The van der Waals surface area contributed by atoms with Crippen molar-refractivity contribution in [1.82, 2.24) is 19.7 Å². The molecule has 0 radical (unpaired) electrons. The molecule has 0 aliphatic heterocycles. The van der Waals surface area contributed by atoms with E-state index in [2.05, 4.69) is 20.4 Å². The Hall–Kier alpha value is -2.30. The molecule has 3 aromatic rings. The lowest BCUT2D eigenvalue weighted by Crippen LogP contribution is -2.09. The minimum absolute atomic E-state index is 0.0879. The zero-order valence-corrected chi connectivity index (χ0v) is 15.9. The highest BCUT2D eigenvalue weighted by atomic mass is 32.2. The average Bonchev–Trinajstić information content (AvgIpc) is 3.14. The molecule has 10 heteroatoms. The van der Waals surface area contributed by atoms with Crippen LogP contribution in [0.3, 0.4) is 0 Å². The number of sulfonamides is 1. The van der Waals surface area contributed by atoms with Crippen LogP contribution in [0, 0.1) is 6.92 Å². The van der Waals surface area contributed by atoms with Gasteiger partial charge in [0, 0.05) is 36.5 Å². The molecule has 0 amide bonds. The fourth-order valence-corrected chi connectivity index (χ4v) is 4.38. The summed E-state index contributed by atoms with van der Waals surface area (Å²) in [6.45, 7) is 1.90. The molecule has 26 heavy (non-hydrogen) atoms. The van der Waals surface area contributed by atoms with E-state index in [4.69, 9.17) is 5.14 Å². The second-order valence-corrected chi connectivity index (χ2v) is 9.24. The highest BCUT2D eigenvalue weighted by Gasteiger charge is 2.27. The van der Waals surface area contributed by atoms with Crippen LogP contribution in [0.2, 0.25) is 0 Å². The Morgan fingerprint density at radius 2 is 2.12 bits per heavy atom. The third kappa shape index (κ3) is 3.35. The van der Waals surface area contributed by atoms with Crippen molar-refractivity contribution in [1.29, 1.82) is 0 Å². The molecule has 1 aliphatic rings. The van der Waals surface area contributed by atoms with E-state index in [1.165, 1.54) is 24.6 Å². The van der Waals surface area contributed by atoms with E-state index in [-0.39, 0.29) is 4.21 Å². The summed E-state index contributed by atoms with van der Waals surface area (Å²) in [5.74, 6) is 2.42. The molecule has 1 fully saturated rings. The lowest BCUT2D eigenvalue weighted by Gasteiger charge is -2.07. The minimum atomic E-state index is -3.73. The smallest absolute Gasteiger partial charge is 0.247 e. The van der Waals surface area contributed by atoms with Crippen LogP contribution in [-0.2, 0) is 17.1 Å². The fourth-order valence-electron chi connectivity index (χ4n) is 2.71. The van der Waals surface area contributed by atoms with Gasteiger partial charge in [-0.15, -0.1) is 11.3 Å². The van der Waals surface area contributed by atoms with Crippen molar-refractivity contribution in [2.24, 2.45) is 12.2 Å². The van der Waals surface area contributed by atoms with Gasteiger partial charge in [-0.05, 0) is 31.9 Å². The molecule has 0 aromatic carbocycles. The summed E-state index contributed by atoms with van der Waals surface area (Å²) in [5.41, 5.74) is 2.09. The highest BCUT2D eigenvalue weighted by Crippen LogP contribution is 2.40. The van der Waals surface area contributed by atoms with Crippen LogP contribution in [-0.4, -0.2) is 28.2 Å². The van der Waals surface area contributed by atoms with Gasteiger partial charge in [0.2, 0.25) is 10.0 Å². The first-order chi connectivity index (χ1) is 12.3. The lowest BCUT2D eigenvalue weighted by atomic mass is 10.3. The molecule has 1 saturated carbocycles. The molecular formula is C16H18N6O2S2. The third-order valence-electron chi connectivity index (χ3n) is 4.21. The van der Waals surface area contributed by atoms with Gasteiger partial charge in [-0.3, -0.25) is 4.68 Å². The maximum absolute atomic E-state index is 11.5. The van der Waals surface area contributed by atoms with E-state index in [0.29, 0.717) is 22.4 Å². The van der Waals surface area contributed by atoms with Gasteiger partial charge in [0.05, 0.1) is 4.88 Å². The molecular weight excluding hydrogens is 372 g/mol. The molecule has 0 spiro atoms. The van der Waals surface area contributed by atoms with Crippen molar-refractivity contribution >= 4 is 33.0 Å². The van der Waals surface area contributed by atoms with E-state index in [0.717, 1.165) is 22.7 Å².